The summed E-state index contributed by atoms with van der Waals surface area (Å²) in [5, 5.41) is 10.00. The van der Waals surface area contributed by atoms with Crippen molar-refractivity contribution in [3.63, 3.8) is 0 Å². The maximum absolute atomic E-state index is 10.6. The molecule has 0 aromatic rings. The molecule has 0 aromatic heterocycles. The van der Waals surface area contributed by atoms with Crippen molar-refractivity contribution in [2.75, 3.05) is 0 Å². The molecule has 17 heavy (non-hydrogen) atoms. The second-order valence-electron chi connectivity index (χ2n) is 5.39. The molecule has 0 spiro atoms. The van der Waals surface area contributed by atoms with E-state index in [9.17, 15) is 9.90 Å². The summed E-state index contributed by atoms with van der Waals surface area (Å²) >= 11 is 0. The summed E-state index contributed by atoms with van der Waals surface area (Å²) in [6.07, 6.45) is 8.35. The molecule has 0 amide bonds. The Morgan fingerprint density at radius 3 is 2.82 bits per heavy atom. The van der Waals surface area contributed by atoms with Crippen LogP contribution in [0.5, 0.6) is 0 Å². The number of aliphatic hydroxyl groups excluding tert-OH is 1. The molecule has 3 atom stereocenters. The van der Waals surface area contributed by atoms with Crippen LogP contribution in [0.25, 0.3) is 0 Å². The van der Waals surface area contributed by atoms with Gasteiger partial charge < -0.3 is 5.11 Å². The van der Waals surface area contributed by atoms with Crippen LogP contribution in [0.4, 0.5) is 0 Å². The highest BCUT2D eigenvalue weighted by atomic mass is 16.3. The molecule has 0 saturated carbocycles. The van der Waals surface area contributed by atoms with Gasteiger partial charge in [0.1, 0.15) is 6.29 Å². The molecule has 0 fully saturated rings. The molecule has 0 heterocycles. The quantitative estimate of drug-likeness (QED) is 0.587. The first kappa shape index (κ1) is 14.2. The Morgan fingerprint density at radius 2 is 2.29 bits per heavy atom. The van der Waals surface area contributed by atoms with E-state index in [2.05, 4.69) is 26.8 Å². The Labute approximate surface area is 104 Å². The van der Waals surface area contributed by atoms with E-state index >= 15 is 0 Å². The van der Waals surface area contributed by atoms with Crippen molar-refractivity contribution < 1.29 is 9.90 Å². The van der Waals surface area contributed by atoms with Crippen molar-refractivity contribution in [2.45, 2.75) is 52.6 Å². The van der Waals surface area contributed by atoms with Gasteiger partial charge in [-0.05, 0) is 63.0 Å². The number of rotatable bonds is 5. The predicted molar refractivity (Wildman–Crippen MR) is 70.7 cm³/mol. The fourth-order valence-corrected chi connectivity index (χ4v) is 2.50. The minimum atomic E-state index is -0.439. The lowest BCUT2D eigenvalue weighted by molar-refractivity contribution is -0.105. The number of aliphatic hydroxyl groups is 1. The molecule has 1 aliphatic rings. The number of carbonyl (C=O) groups is 1. The smallest absolute Gasteiger partial charge is 0.145 e. The van der Waals surface area contributed by atoms with Crippen molar-refractivity contribution in [3.8, 4) is 0 Å². The van der Waals surface area contributed by atoms with Gasteiger partial charge in [0, 0.05) is 0 Å². The molecule has 2 heteroatoms. The van der Waals surface area contributed by atoms with Crippen LogP contribution in [0.1, 0.15) is 46.5 Å². The molecule has 0 aromatic carbocycles. The summed E-state index contributed by atoms with van der Waals surface area (Å²) in [4.78, 5) is 10.6. The highest BCUT2D eigenvalue weighted by molar-refractivity contribution is 5.73. The van der Waals surface area contributed by atoms with Crippen LogP contribution in [0.3, 0.4) is 0 Å². The normalized spacial score (nSPS) is 26.0. The molecule has 0 bridgehead atoms. The maximum Gasteiger partial charge on any atom is 0.145 e. The van der Waals surface area contributed by atoms with Crippen molar-refractivity contribution in [3.05, 3.63) is 23.3 Å². The molecule has 0 aliphatic heterocycles. The van der Waals surface area contributed by atoms with E-state index in [0.717, 1.165) is 37.5 Å². The minimum Gasteiger partial charge on any atom is -0.389 e. The van der Waals surface area contributed by atoms with Gasteiger partial charge in [-0.15, -0.1) is 0 Å². The van der Waals surface area contributed by atoms with Gasteiger partial charge in [-0.2, -0.15) is 0 Å². The first-order valence-electron chi connectivity index (χ1n) is 6.52. The summed E-state index contributed by atoms with van der Waals surface area (Å²) in [5.41, 5.74) is 2.11. The Kier molecular flexibility index (Phi) is 5.63. The molecule has 96 valence electrons. The van der Waals surface area contributed by atoms with E-state index in [0.29, 0.717) is 11.8 Å². The molecule has 1 rings (SSSR count). The monoisotopic (exact) mass is 236 g/mol. The van der Waals surface area contributed by atoms with Gasteiger partial charge in [0.05, 0.1) is 6.10 Å². The summed E-state index contributed by atoms with van der Waals surface area (Å²) in [6, 6.07) is 0. The van der Waals surface area contributed by atoms with Gasteiger partial charge in [-0.25, -0.2) is 0 Å². The number of hydrogen-bond donors (Lipinski definition) is 1. The highest BCUT2D eigenvalue weighted by Crippen LogP contribution is 2.31. The molecule has 2 nitrogen and oxygen atoms in total. The Balaban J connectivity index is 2.48. The average Bonchev–Trinajstić information content (AvgIpc) is 2.28. The van der Waals surface area contributed by atoms with Crippen molar-refractivity contribution in [2.24, 2.45) is 11.8 Å². The molecule has 0 radical (unpaired) electrons. The molecule has 0 saturated heterocycles. The first-order chi connectivity index (χ1) is 8.04. The minimum absolute atomic E-state index is 0.310. The molecule has 1 N–H and O–H groups in total. The van der Waals surface area contributed by atoms with Gasteiger partial charge in [0.15, 0.2) is 0 Å². The Bertz CT molecular complexity index is 311. The SMILES string of the molecule is CC(C)=CCCC(C)C1CCC(C=O)=CC1O. The van der Waals surface area contributed by atoms with Gasteiger partial charge in [0.2, 0.25) is 0 Å². The third kappa shape index (κ3) is 4.47. The van der Waals surface area contributed by atoms with Gasteiger partial charge in [-0.1, -0.05) is 18.6 Å². The van der Waals surface area contributed by atoms with Gasteiger partial charge in [-0.3, -0.25) is 4.79 Å². The van der Waals surface area contributed by atoms with Gasteiger partial charge >= 0.3 is 0 Å². The largest absolute Gasteiger partial charge is 0.389 e. The van der Waals surface area contributed by atoms with Crippen LogP contribution in [-0.2, 0) is 4.79 Å². The highest BCUT2D eigenvalue weighted by Gasteiger charge is 2.27. The number of allylic oxidation sites excluding steroid dienone is 3. The van der Waals surface area contributed by atoms with Crippen LogP contribution in [-0.4, -0.2) is 17.5 Å². The molecular weight excluding hydrogens is 212 g/mol. The lowest BCUT2D eigenvalue weighted by Crippen LogP contribution is -2.28. The number of hydrogen-bond acceptors (Lipinski definition) is 2. The lowest BCUT2D eigenvalue weighted by atomic mass is 9.78. The van der Waals surface area contributed by atoms with E-state index in [4.69, 9.17) is 0 Å². The van der Waals surface area contributed by atoms with E-state index in [1.54, 1.807) is 6.08 Å². The van der Waals surface area contributed by atoms with Crippen LogP contribution < -0.4 is 0 Å². The predicted octanol–water partition coefficient (Wildman–Crippen LogP) is 3.27. The zero-order chi connectivity index (χ0) is 12.8. The topological polar surface area (TPSA) is 37.3 Å². The summed E-state index contributed by atoms with van der Waals surface area (Å²) in [6.45, 7) is 6.42. The number of aldehydes is 1. The third-order valence-electron chi connectivity index (χ3n) is 3.65. The van der Waals surface area contributed by atoms with Crippen LogP contribution >= 0.6 is 0 Å². The summed E-state index contributed by atoms with van der Waals surface area (Å²) in [7, 11) is 0. The molecule has 3 unspecified atom stereocenters. The van der Waals surface area contributed by atoms with Crippen LogP contribution in [0.15, 0.2) is 23.3 Å². The standard InChI is InChI=1S/C15H24O2/c1-11(2)5-4-6-12(3)14-8-7-13(10-16)9-15(14)17/h5,9-10,12,14-15,17H,4,6-8H2,1-3H3. The summed E-state index contributed by atoms with van der Waals surface area (Å²) < 4.78 is 0. The number of carbonyl (C=O) groups excluding carboxylic acids is 1. The second-order valence-corrected chi connectivity index (χ2v) is 5.39. The van der Waals surface area contributed by atoms with E-state index in [1.165, 1.54) is 5.57 Å². The van der Waals surface area contributed by atoms with Crippen LogP contribution in [0, 0.1) is 11.8 Å². The fraction of sp³-hybridized carbons (Fsp3) is 0.667. The Morgan fingerprint density at radius 1 is 1.59 bits per heavy atom. The van der Waals surface area contributed by atoms with Crippen LogP contribution in [0.2, 0.25) is 0 Å². The fourth-order valence-electron chi connectivity index (χ4n) is 2.50. The van der Waals surface area contributed by atoms with E-state index in [-0.39, 0.29) is 0 Å². The van der Waals surface area contributed by atoms with Crippen molar-refractivity contribution in [1.82, 2.24) is 0 Å². The third-order valence-corrected chi connectivity index (χ3v) is 3.65. The maximum atomic E-state index is 10.6. The Hall–Kier alpha value is -0.890. The van der Waals surface area contributed by atoms with Crippen molar-refractivity contribution in [1.29, 1.82) is 0 Å². The zero-order valence-corrected chi connectivity index (χ0v) is 11.1. The molecular formula is C15H24O2. The van der Waals surface area contributed by atoms with Gasteiger partial charge in [0.25, 0.3) is 0 Å². The zero-order valence-electron chi connectivity index (χ0n) is 11.1. The van der Waals surface area contributed by atoms with Crippen molar-refractivity contribution >= 4 is 6.29 Å². The van der Waals surface area contributed by atoms with E-state index < -0.39 is 6.10 Å². The lowest BCUT2D eigenvalue weighted by Gasteiger charge is -2.30. The second kappa shape index (κ2) is 6.75. The molecule has 1 aliphatic carbocycles. The summed E-state index contributed by atoms with van der Waals surface area (Å²) in [5.74, 6) is 0.814. The average molecular weight is 236 g/mol. The van der Waals surface area contributed by atoms with E-state index in [1.807, 2.05) is 0 Å². The first-order valence-corrected chi connectivity index (χ1v) is 6.52.